The van der Waals surface area contributed by atoms with Gasteiger partial charge in [0.15, 0.2) is 0 Å². The van der Waals surface area contributed by atoms with Crippen molar-refractivity contribution in [2.75, 3.05) is 0 Å². The van der Waals surface area contributed by atoms with E-state index in [0.29, 0.717) is 4.88 Å². The quantitative estimate of drug-likeness (QED) is 0.835. The number of thiophene rings is 2. The lowest BCUT2D eigenvalue weighted by Gasteiger charge is -2.05. The van der Waals surface area contributed by atoms with Crippen LogP contribution in [0.5, 0.6) is 0 Å². The van der Waals surface area contributed by atoms with E-state index in [2.05, 4.69) is 0 Å². The van der Waals surface area contributed by atoms with Crippen LogP contribution in [0.4, 0.5) is 4.39 Å². The van der Waals surface area contributed by atoms with Crippen LogP contribution in [-0.2, 0) is 0 Å². The van der Waals surface area contributed by atoms with Gasteiger partial charge in [0.05, 0.1) is 4.88 Å². The fraction of sp³-hybridized carbons (Fsp3) is 0.200. The molecule has 1 nitrogen and oxygen atoms in total. The first kappa shape index (κ1) is 9.83. The zero-order chi connectivity index (χ0) is 10.1. The highest BCUT2D eigenvalue weighted by Crippen LogP contribution is 2.32. The molecule has 0 spiro atoms. The van der Waals surface area contributed by atoms with Crippen LogP contribution in [0.1, 0.15) is 20.7 Å². The molecule has 1 unspecified atom stereocenters. The minimum absolute atomic E-state index is 0.325. The average Bonchev–Trinajstić information content (AvgIpc) is 2.73. The van der Waals surface area contributed by atoms with Gasteiger partial charge >= 0.3 is 0 Å². The molecule has 2 aromatic heterocycles. The molecule has 4 heteroatoms. The third-order valence-electron chi connectivity index (χ3n) is 1.92. The molecule has 0 fully saturated rings. The Morgan fingerprint density at radius 2 is 2.14 bits per heavy atom. The fourth-order valence-corrected chi connectivity index (χ4v) is 2.95. The Labute approximate surface area is 89.5 Å². The molecule has 0 aliphatic rings. The molecule has 0 bridgehead atoms. The van der Waals surface area contributed by atoms with E-state index in [0.717, 1.165) is 9.75 Å². The first-order chi connectivity index (χ1) is 6.68. The number of rotatable bonds is 2. The molecule has 1 atom stereocenters. The smallest absolute Gasteiger partial charge is 0.140 e. The lowest BCUT2D eigenvalue weighted by atomic mass is 10.2. The van der Waals surface area contributed by atoms with Crippen molar-refractivity contribution in [3.8, 4) is 0 Å². The maximum absolute atomic E-state index is 13.1. The monoisotopic (exact) mass is 228 g/mol. The Balaban J connectivity index is 2.33. The molecule has 0 aromatic carbocycles. The van der Waals surface area contributed by atoms with Crippen molar-refractivity contribution in [3.63, 3.8) is 0 Å². The van der Waals surface area contributed by atoms with E-state index in [1.54, 1.807) is 5.38 Å². The largest absolute Gasteiger partial charge is 0.382 e. The maximum Gasteiger partial charge on any atom is 0.140 e. The van der Waals surface area contributed by atoms with Crippen LogP contribution < -0.4 is 0 Å². The molecular formula is C10H9FOS2. The van der Waals surface area contributed by atoms with Crippen molar-refractivity contribution in [2.45, 2.75) is 13.0 Å². The normalized spacial score (nSPS) is 13.1. The molecule has 1 N–H and O–H groups in total. The van der Waals surface area contributed by atoms with E-state index in [1.807, 2.05) is 19.1 Å². The molecule has 0 saturated heterocycles. The van der Waals surface area contributed by atoms with Gasteiger partial charge in [-0.3, -0.25) is 0 Å². The van der Waals surface area contributed by atoms with Crippen molar-refractivity contribution >= 4 is 22.7 Å². The SMILES string of the molecule is Cc1ccc(C(O)c2sccc2F)s1. The van der Waals surface area contributed by atoms with Gasteiger partial charge in [0.1, 0.15) is 11.9 Å². The third kappa shape index (κ3) is 1.73. The lowest BCUT2D eigenvalue weighted by Crippen LogP contribution is -1.95. The standard InChI is InChI=1S/C10H9FOS2/c1-6-2-3-8(14-6)9(12)10-7(11)4-5-13-10/h2-5,9,12H,1H3. The number of aryl methyl sites for hydroxylation is 1. The summed E-state index contributed by atoms with van der Waals surface area (Å²) in [6, 6.07) is 5.14. The fourth-order valence-electron chi connectivity index (χ4n) is 1.23. The molecule has 0 aliphatic carbocycles. The molecule has 0 radical (unpaired) electrons. The summed E-state index contributed by atoms with van der Waals surface area (Å²) in [4.78, 5) is 2.31. The van der Waals surface area contributed by atoms with Crippen molar-refractivity contribution < 1.29 is 9.50 Å². The number of hydrogen-bond acceptors (Lipinski definition) is 3. The summed E-state index contributed by atoms with van der Waals surface area (Å²) in [6.45, 7) is 1.96. The number of hydrogen-bond donors (Lipinski definition) is 1. The first-order valence-corrected chi connectivity index (χ1v) is 5.85. The van der Waals surface area contributed by atoms with Crippen LogP contribution in [0.15, 0.2) is 23.6 Å². The van der Waals surface area contributed by atoms with Gasteiger partial charge in [0, 0.05) is 9.75 Å². The molecular weight excluding hydrogens is 219 g/mol. The average molecular weight is 228 g/mol. The Hall–Kier alpha value is -0.710. The maximum atomic E-state index is 13.1. The number of halogens is 1. The van der Waals surface area contributed by atoms with E-state index in [9.17, 15) is 9.50 Å². The van der Waals surface area contributed by atoms with Gasteiger partial charge in [0.2, 0.25) is 0 Å². The van der Waals surface area contributed by atoms with E-state index < -0.39 is 6.10 Å². The topological polar surface area (TPSA) is 20.2 Å². The number of aliphatic hydroxyl groups is 1. The summed E-state index contributed by atoms with van der Waals surface area (Å²) < 4.78 is 13.1. The van der Waals surface area contributed by atoms with Gasteiger partial charge in [-0.05, 0) is 30.5 Å². The second kappa shape index (κ2) is 3.81. The summed E-state index contributed by atoms with van der Waals surface area (Å²) in [5.41, 5.74) is 0. The van der Waals surface area contributed by atoms with Crippen LogP contribution in [0, 0.1) is 12.7 Å². The van der Waals surface area contributed by atoms with Crippen molar-refractivity contribution in [2.24, 2.45) is 0 Å². The minimum Gasteiger partial charge on any atom is -0.382 e. The molecule has 0 aliphatic heterocycles. The molecule has 0 amide bonds. The molecule has 0 saturated carbocycles. The van der Waals surface area contributed by atoms with Gasteiger partial charge in [-0.15, -0.1) is 22.7 Å². The van der Waals surface area contributed by atoms with Crippen molar-refractivity contribution in [1.82, 2.24) is 0 Å². The van der Waals surface area contributed by atoms with E-state index in [-0.39, 0.29) is 5.82 Å². The zero-order valence-corrected chi connectivity index (χ0v) is 9.16. The highest BCUT2D eigenvalue weighted by atomic mass is 32.1. The molecule has 14 heavy (non-hydrogen) atoms. The summed E-state index contributed by atoms with van der Waals surface area (Å²) in [5.74, 6) is -0.325. The van der Waals surface area contributed by atoms with Gasteiger partial charge in [-0.2, -0.15) is 0 Å². The summed E-state index contributed by atoms with van der Waals surface area (Å²) in [7, 11) is 0. The Bertz CT molecular complexity index is 433. The molecule has 2 aromatic rings. The van der Waals surface area contributed by atoms with Crippen molar-refractivity contribution in [1.29, 1.82) is 0 Å². The van der Waals surface area contributed by atoms with Gasteiger partial charge < -0.3 is 5.11 Å². The first-order valence-electron chi connectivity index (χ1n) is 4.16. The Morgan fingerprint density at radius 1 is 1.36 bits per heavy atom. The predicted octanol–water partition coefficient (Wildman–Crippen LogP) is 3.34. The van der Waals surface area contributed by atoms with Crippen LogP contribution in [0.2, 0.25) is 0 Å². The highest BCUT2D eigenvalue weighted by Gasteiger charge is 2.17. The summed E-state index contributed by atoms with van der Waals surface area (Å²) in [5, 5.41) is 11.5. The molecule has 2 rings (SSSR count). The Kier molecular flexibility index (Phi) is 2.67. The minimum atomic E-state index is -0.811. The van der Waals surface area contributed by atoms with Gasteiger partial charge in [-0.1, -0.05) is 0 Å². The zero-order valence-electron chi connectivity index (χ0n) is 7.53. The van der Waals surface area contributed by atoms with Crippen molar-refractivity contribution in [3.05, 3.63) is 44.0 Å². The van der Waals surface area contributed by atoms with Crippen LogP contribution in [0.25, 0.3) is 0 Å². The second-order valence-electron chi connectivity index (χ2n) is 2.98. The van der Waals surface area contributed by atoms with E-state index >= 15 is 0 Å². The van der Waals surface area contributed by atoms with E-state index in [4.69, 9.17) is 0 Å². The van der Waals surface area contributed by atoms with Crippen LogP contribution in [0.3, 0.4) is 0 Å². The van der Waals surface area contributed by atoms with Crippen LogP contribution >= 0.6 is 22.7 Å². The van der Waals surface area contributed by atoms with Crippen LogP contribution in [-0.4, -0.2) is 5.11 Å². The predicted molar refractivity (Wildman–Crippen MR) is 57.4 cm³/mol. The Morgan fingerprint density at radius 3 is 2.64 bits per heavy atom. The van der Waals surface area contributed by atoms with E-state index in [1.165, 1.54) is 28.7 Å². The second-order valence-corrected chi connectivity index (χ2v) is 5.25. The van der Waals surface area contributed by atoms with Gasteiger partial charge in [0.25, 0.3) is 0 Å². The summed E-state index contributed by atoms with van der Waals surface area (Å²) >= 11 is 2.74. The summed E-state index contributed by atoms with van der Waals surface area (Å²) in [6.07, 6.45) is -0.811. The number of aliphatic hydroxyl groups excluding tert-OH is 1. The third-order valence-corrected chi connectivity index (χ3v) is 3.92. The highest BCUT2D eigenvalue weighted by molar-refractivity contribution is 7.12. The lowest BCUT2D eigenvalue weighted by molar-refractivity contribution is 0.223. The molecule has 74 valence electrons. The molecule has 2 heterocycles. The van der Waals surface area contributed by atoms with Gasteiger partial charge in [-0.25, -0.2) is 4.39 Å².